The Balaban J connectivity index is 1.18. The highest BCUT2D eigenvalue weighted by Crippen LogP contribution is 2.34. The first-order chi connectivity index (χ1) is 24.4. The number of benzene rings is 4. The molecule has 50 heavy (non-hydrogen) atoms. The van der Waals surface area contributed by atoms with Crippen LogP contribution in [0.3, 0.4) is 0 Å². The number of fused-ring (bicyclic) bond motifs is 2. The number of aromatic hydroxyl groups is 1. The monoisotopic (exact) mass is 666 g/mol. The van der Waals surface area contributed by atoms with Gasteiger partial charge in [-0.3, -0.25) is 19.4 Å². The number of carbonyl (C=O) groups excluding carboxylic acids is 2. The Morgan fingerprint density at radius 2 is 1.50 bits per heavy atom. The van der Waals surface area contributed by atoms with Crippen molar-refractivity contribution in [1.29, 1.82) is 0 Å². The Morgan fingerprint density at radius 1 is 0.820 bits per heavy atom. The number of phenolic OH excluding ortho intramolecular Hbond substituents is 1. The molecule has 3 heterocycles. The van der Waals surface area contributed by atoms with Crippen molar-refractivity contribution in [2.24, 2.45) is 0 Å². The lowest BCUT2D eigenvalue weighted by molar-refractivity contribution is 0.0193. The second-order valence-corrected chi connectivity index (χ2v) is 13.7. The minimum absolute atomic E-state index is 0.0263. The molecule has 0 unspecified atom stereocenters. The Hall–Kier alpha value is -5.18. The second kappa shape index (κ2) is 13.6. The standard InChI is InChI=1S/C42H42N4O4/c1-29-22-34(41(48)46(35-12-3-2-4-13-35)36-14-16-38(47)17-15-36)27-44(29)40-25-32-11-7-10-31(32)24-39(40)42(49)45-26-33-9-6-5-8-30(33)23-37(45)28-43-18-20-50-21-19-43/h2-6,8-9,12-17,22,24-25,27,37,47H,7,10-11,18-21,23,26,28H2,1H3/t37-/m0/s1. The molecule has 3 aliphatic rings. The number of ether oxygens (including phenoxy) is 1. The number of hydrogen-bond acceptors (Lipinski definition) is 5. The zero-order chi connectivity index (χ0) is 34.2. The SMILES string of the molecule is Cc1cc(C(=O)N(c2ccccc2)c2ccc(O)cc2)cn1-c1cc2c(cc1C(=O)N1Cc3ccccc3C[C@H]1CN1CCOCC1)CCC2. The van der Waals surface area contributed by atoms with Gasteiger partial charge in [0.1, 0.15) is 5.75 Å². The lowest BCUT2D eigenvalue weighted by Crippen LogP contribution is -2.52. The summed E-state index contributed by atoms with van der Waals surface area (Å²) in [5.41, 5.74) is 9.24. The fraction of sp³-hybridized carbons (Fsp3) is 0.286. The van der Waals surface area contributed by atoms with Gasteiger partial charge in [0.05, 0.1) is 30.0 Å². The summed E-state index contributed by atoms with van der Waals surface area (Å²) in [6.07, 6.45) is 5.69. The molecule has 5 aromatic rings. The van der Waals surface area contributed by atoms with Crippen molar-refractivity contribution in [1.82, 2.24) is 14.4 Å². The largest absolute Gasteiger partial charge is 0.508 e. The van der Waals surface area contributed by atoms with E-state index < -0.39 is 0 Å². The first kappa shape index (κ1) is 32.0. The molecule has 254 valence electrons. The highest BCUT2D eigenvalue weighted by Gasteiger charge is 2.34. The number of morpholine rings is 1. The molecule has 1 aromatic heterocycles. The van der Waals surface area contributed by atoms with E-state index in [9.17, 15) is 14.7 Å². The molecule has 0 spiro atoms. The normalized spacial score (nSPS) is 17.3. The maximum Gasteiger partial charge on any atom is 0.264 e. The van der Waals surface area contributed by atoms with Crippen molar-refractivity contribution in [3.8, 4) is 11.4 Å². The van der Waals surface area contributed by atoms with Crippen molar-refractivity contribution < 1.29 is 19.4 Å². The molecule has 0 bridgehead atoms. The quantitative estimate of drug-likeness (QED) is 0.206. The van der Waals surface area contributed by atoms with Crippen LogP contribution in [0.4, 0.5) is 11.4 Å². The first-order valence-electron chi connectivity index (χ1n) is 17.6. The number of phenols is 1. The van der Waals surface area contributed by atoms with Crippen LogP contribution in [0.15, 0.2) is 103 Å². The number of rotatable bonds is 7. The zero-order valence-electron chi connectivity index (χ0n) is 28.4. The average molecular weight is 667 g/mol. The van der Waals surface area contributed by atoms with E-state index in [-0.39, 0.29) is 23.6 Å². The van der Waals surface area contributed by atoms with E-state index in [0.717, 1.165) is 62.4 Å². The van der Waals surface area contributed by atoms with Crippen LogP contribution in [0.1, 0.15) is 55.1 Å². The summed E-state index contributed by atoms with van der Waals surface area (Å²) in [7, 11) is 0. The molecule has 2 aliphatic heterocycles. The van der Waals surface area contributed by atoms with Crippen LogP contribution < -0.4 is 4.90 Å². The van der Waals surface area contributed by atoms with Gasteiger partial charge in [-0.05, 0) is 109 Å². The maximum absolute atomic E-state index is 15.0. The van der Waals surface area contributed by atoms with Crippen LogP contribution in [0.5, 0.6) is 5.75 Å². The van der Waals surface area contributed by atoms with Crippen molar-refractivity contribution in [2.45, 2.75) is 45.2 Å². The third-order valence-electron chi connectivity index (χ3n) is 10.5. The van der Waals surface area contributed by atoms with Gasteiger partial charge in [-0.1, -0.05) is 42.5 Å². The van der Waals surface area contributed by atoms with Gasteiger partial charge in [-0.25, -0.2) is 0 Å². The molecular weight excluding hydrogens is 624 g/mol. The summed E-state index contributed by atoms with van der Waals surface area (Å²) in [5, 5.41) is 9.96. The molecule has 0 saturated carbocycles. The molecule has 1 saturated heterocycles. The number of aryl methyl sites for hydroxylation is 3. The van der Waals surface area contributed by atoms with Crippen LogP contribution in [0.2, 0.25) is 0 Å². The summed E-state index contributed by atoms with van der Waals surface area (Å²) in [6, 6.07) is 30.9. The molecular formula is C42H42N4O4. The molecule has 8 rings (SSSR count). The van der Waals surface area contributed by atoms with Crippen LogP contribution in [-0.2, 0) is 30.5 Å². The van der Waals surface area contributed by atoms with Crippen LogP contribution >= 0.6 is 0 Å². The number of nitrogens with zero attached hydrogens (tertiary/aromatic N) is 4. The lowest BCUT2D eigenvalue weighted by atomic mass is 9.92. The van der Waals surface area contributed by atoms with E-state index in [2.05, 4.69) is 46.2 Å². The lowest BCUT2D eigenvalue weighted by Gasteiger charge is -2.40. The third kappa shape index (κ3) is 6.21. The molecule has 4 aromatic carbocycles. The Bertz CT molecular complexity index is 2030. The van der Waals surface area contributed by atoms with Crippen LogP contribution in [0.25, 0.3) is 5.69 Å². The summed E-state index contributed by atoms with van der Waals surface area (Å²) < 4.78 is 7.66. The number of aromatic nitrogens is 1. The summed E-state index contributed by atoms with van der Waals surface area (Å²) in [4.78, 5) is 35.6. The Kier molecular flexibility index (Phi) is 8.73. The maximum atomic E-state index is 15.0. The van der Waals surface area contributed by atoms with E-state index in [0.29, 0.717) is 36.6 Å². The predicted octanol–water partition coefficient (Wildman–Crippen LogP) is 6.86. The molecule has 1 fully saturated rings. The van der Waals surface area contributed by atoms with Gasteiger partial charge < -0.3 is 19.3 Å². The molecule has 1 atom stereocenters. The van der Waals surface area contributed by atoms with E-state index in [1.165, 1.54) is 22.3 Å². The van der Waals surface area contributed by atoms with Gasteiger partial charge in [-0.15, -0.1) is 0 Å². The molecule has 2 amide bonds. The number of anilines is 2. The highest BCUT2D eigenvalue weighted by molar-refractivity contribution is 6.11. The minimum Gasteiger partial charge on any atom is -0.508 e. The molecule has 8 heteroatoms. The molecule has 0 radical (unpaired) electrons. The van der Waals surface area contributed by atoms with E-state index in [1.54, 1.807) is 29.2 Å². The van der Waals surface area contributed by atoms with Crippen LogP contribution in [-0.4, -0.2) is 70.2 Å². The first-order valence-corrected chi connectivity index (χ1v) is 17.6. The van der Waals surface area contributed by atoms with Crippen molar-refractivity contribution in [3.63, 3.8) is 0 Å². The van der Waals surface area contributed by atoms with E-state index in [1.807, 2.05) is 54.1 Å². The van der Waals surface area contributed by atoms with Gasteiger partial charge >= 0.3 is 0 Å². The van der Waals surface area contributed by atoms with E-state index in [4.69, 9.17) is 4.74 Å². The molecule has 8 nitrogen and oxygen atoms in total. The minimum atomic E-state index is -0.198. The fourth-order valence-electron chi connectivity index (χ4n) is 7.85. The van der Waals surface area contributed by atoms with Crippen molar-refractivity contribution in [2.75, 3.05) is 37.7 Å². The molecule has 1 N–H and O–H groups in total. The Labute approximate surface area is 293 Å². The third-order valence-corrected chi connectivity index (χ3v) is 10.5. The summed E-state index contributed by atoms with van der Waals surface area (Å²) in [5.74, 6) is -0.0381. The summed E-state index contributed by atoms with van der Waals surface area (Å²) >= 11 is 0. The number of para-hydroxylation sites is 1. The average Bonchev–Trinajstić information content (AvgIpc) is 3.78. The van der Waals surface area contributed by atoms with Gasteiger partial charge in [0.15, 0.2) is 0 Å². The highest BCUT2D eigenvalue weighted by atomic mass is 16.5. The Morgan fingerprint density at radius 3 is 2.26 bits per heavy atom. The number of amides is 2. The van der Waals surface area contributed by atoms with Crippen molar-refractivity contribution in [3.05, 3.63) is 142 Å². The van der Waals surface area contributed by atoms with E-state index >= 15 is 0 Å². The van der Waals surface area contributed by atoms with Crippen LogP contribution in [0, 0.1) is 6.92 Å². The predicted molar refractivity (Wildman–Crippen MR) is 195 cm³/mol. The molecule has 1 aliphatic carbocycles. The zero-order valence-corrected chi connectivity index (χ0v) is 28.4. The van der Waals surface area contributed by atoms with Gasteiger partial charge in [0.25, 0.3) is 11.8 Å². The topological polar surface area (TPSA) is 78.2 Å². The van der Waals surface area contributed by atoms with Gasteiger partial charge in [-0.2, -0.15) is 0 Å². The van der Waals surface area contributed by atoms with Gasteiger partial charge in [0.2, 0.25) is 0 Å². The smallest absolute Gasteiger partial charge is 0.264 e. The summed E-state index contributed by atoms with van der Waals surface area (Å²) in [6.45, 7) is 6.53. The number of carbonyl (C=O) groups is 2. The van der Waals surface area contributed by atoms with Gasteiger partial charge in [0, 0.05) is 55.5 Å². The fourth-order valence-corrected chi connectivity index (χ4v) is 7.85. The number of hydrogen-bond donors (Lipinski definition) is 1. The van der Waals surface area contributed by atoms with Crippen molar-refractivity contribution >= 4 is 23.2 Å². The second-order valence-electron chi connectivity index (χ2n) is 13.7.